The summed E-state index contributed by atoms with van der Waals surface area (Å²) in [6, 6.07) is 6.80. The first-order chi connectivity index (χ1) is 21.1. The summed E-state index contributed by atoms with van der Waals surface area (Å²) >= 11 is 0. The first-order valence-electron chi connectivity index (χ1n) is 15.7. The molecule has 1 N–H and O–H groups in total. The zero-order valence-electron chi connectivity index (χ0n) is 29.6. The molecule has 1 fully saturated rings. The van der Waals surface area contributed by atoms with E-state index in [0.29, 0.717) is 11.3 Å². The number of carbonyl (C=O) groups excluding carboxylic acids is 3. The Balaban J connectivity index is 2.77. The number of ether oxygens (including phenoxy) is 5. The van der Waals surface area contributed by atoms with Crippen molar-refractivity contribution in [1.82, 2.24) is 5.32 Å². The van der Waals surface area contributed by atoms with Crippen LogP contribution in [0, 0.1) is 16.2 Å². The molecule has 1 saturated heterocycles. The lowest BCUT2D eigenvalue weighted by molar-refractivity contribution is -0.257. The molecular formula is C33H54NO11P. The minimum atomic E-state index is -3.95. The highest BCUT2D eigenvalue weighted by Crippen LogP contribution is 2.60. The van der Waals surface area contributed by atoms with Gasteiger partial charge in [0.05, 0.1) is 42.7 Å². The minimum absolute atomic E-state index is 0.0760. The van der Waals surface area contributed by atoms with Crippen molar-refractivity contribution in [3.05, 3.63) is 29.8 Å². The molecule has 1 aliphatic heterocycles. The fraction of sp³-hybridized carbons (Fsp3) is 0.727. The summed E-state index contributed by atoms with van der Waals surface area (Å²) in [6.45, 7) is 20.4. The number of carbonyl (C=O) groups is 3. The summed E-state index contributed by atoms with van der Waals surface area (Å²) in [5.41, 5.74) is -2.31. The van der Waals surface area contributed by atoms with E-state index in [9.17, 15) is 18.9 Å². The van der Waals surface area contributed by atoms with Crippen molar-refractivity contribution in [3.8, 4) is 5.75 Å². The molecule has 6 atom stereocenters. The average Bonchev–Trinajstić information content (AvgIpc) is 2.93. The Morgan fingerprint density at radius 1 is 0.761 bits per heavy atom. The van der Waals surface area contributed by atoms with Crippen molar-refractivity contribution in [1.29, 1.82) is 0 Å². The zero-order valence-corrected chi connectivity index (χ0v) is 30.5. The summed E-state index contributed by atoms with van der Waals surface area (Å²) in [5, 5.41) is 3.22. The lowest BCUT2D eigenvalue weighted by Crippen LogP contribution is -2.65. The Bertz CT molecular complexity index is 1220. The van der Waals surface area contributed by atoms with Gasteiger partial charge >= 0.3 is 25.5 Å². The zero-order chi connectivity index (χ0) is 35.3. The molecule has 0 spiro atoms. The lowest BCUT2D eigenvalue weighted by atomic mass is 9.93. The summed E-state index contributed by atoms with van der Waals surface area (Å²) in [4.78, 5) is 40.0. The van der Waals surface area contributed by atoms with Crippen molar-refractivity contribution < 1.29 is 51.7 Å². The lowest BCUT2D eigenvalue weighted by Gasteiger charge is -2.46. The van der Waals surface area contributed by atoms with Crippen molar-refractivity contribution in [2.45, 2.75) is 120 Å². The van der Waals surface area contributed by atoms with Crippen molar-refractivity contribution in [3.63, 3.8) is 0 Å². The third-order valence-electron chi connectivity index (χ3n) is 7.02. The van der Waals surface area contributed by atoms with Crippen LogP contribution in [-0.4, -0.2) is 68.9 Å². The van der Waals surface area contributed by atoms with Gasteiger partial charge < -0.3 is 32.7 Å². The number of nitrogens with one attached hydrogen (secondary N) is 1. The van der Waals surface area contributed by atoms with Crippen LogP contribution >= 0.6 is 7.60 Å². The van der Waals surface area contributed by atoms with E-state index in [0.717, 1.165) is 0 Å². The van der Waals surface area contributed by atoms with Gasteiger partial charge in [-0.15, -0.1) is 0 Å². The van der Waals surface area contributed by atoms with Crippen LogP contribution in [0.5, 0.6) is 5.75 Å². The molecule has 13 heteroatoms. The van der Waals surface area contributed by atoms with E-state index < -0.39 is 78.2 Å². The second kappa shape index (κ2) is 15.6. The van der Waals surface area contributed by atoms with Crippen molar-refractivity contribution in [2.75, 3.05) is 20.3 Å². The molecule has 1 unspecified atom stereocenters. The highest BCUT2D eigenvalue weighted by molar-refractivity contribution is 7.54. The normalized spacial score (nSPS) is 23.3. The van der Waals surface area contributed by atoms with Gasteiger partial charge in [0.2, 0.25) is 0 Å². The largest absolute Gasteiger partial charge is 0.497 e. The Kier molecular flexibility index (Phi) is 13.5. The molecule has 0 saturated carbocycles. The highest BCUT2D eigenvalue weighted by atomic mass is 31.2. The fourth-order valence-electron chi connectivity index (χ4n) is 4.33. The monoisotopic (exact) mass is 671 g/mol. The maximum absolute atomic E-state index is 14.4. The van der Waals surface area contributed by atoms with E-state index in [-0.39, 0.29) is 13.2 Å². The molecule has 1 aromatic carbocycles. The van der Waals surface area contributed by atoms with Gasteiger partial charge in [0.25, 0.3) is 0 Å². The van der Waals surface area contributed by atoms with E-state index >= 15 is 0 Å². The Morgan fingerprint density at radius 2 is 1.17 bits per heavy atom. The SMILES string of the molecule is CCOP(=O)(OCC)C(N[C@H]1O[C@@H](C)[C@@H](OC(=O)C(C)(C)C)[C@@H](OC(=O)C(C)(C)C)[C@@H]1OC(=O)C(C)(C)C)c1ccc(OC)cc1. The van der Waals surface area contributed by atoms with Gasteiger partial charge in [-0.3, -0.25) is 24.3 Å². The second-order valence-electron chi connectivity index (χ2n) is 14.3. The predicted octanol–water partition coefficient (Wildman–Crippen LogP) is 6.17. The number of benzene rings is 1. The highest BCUT2D eigenvalue weighted by Gasteiger charge is 2.54. The van der Waals surface area contributed by atoms with E-state index in [1.807, 2.05) is 0 Å². The first kappa shape index (κ1) is 39.7. The van der Waals surface area contributed by atoms with Crippen LogP contribution in [0.4, 0.5) is 0 Å². The molecule has 46 heavy (non-hydrogen) atoms. The molecule has 0 radical (unpaired) electrons. The molecule has 0 aromatic heterocycles. The Hall–Kier alpha value is -2.50. The minimum Gasteiger partial charge on any atom is -0.497 e. The van der Waals surface area contributed by atoms with Crippen molar-refractivity contribution in [2.24, 2.45) is 16.2 Å². The number of rotatable bonds is 12. The van der Waals surface area contributed by atoms with Crippen LogP contribution < -0.4 is 10.1 Å². The molecule has 1 heterocycles. The number of hydrogen-bond donors (Lipinski definition) is 1. The van der Waals surface area contributed by atoms with Gasteiger partial charge in [-0.05, 0) is 101 Å². The van der Waals surface area contributed by atoms with Crippen LogP contribution in [0.3, 0.4) is 0 Å². The van der Waals surface area contributed by atoms with E-state index in [2.05, 4.69) is 5.32 Å². The van der Waals surface area contributed by atoms with E-state index in [1.54, 1.807) is 107 Å². The van der Waals surface area contributed by atoms with Gasteiger partial charge in [-0.2, -0.15) is 0 Å². The third-order valence-corrected chi connectivity index (χ3v) is 9.34. The van der Waals surface area contributed by atoms with E-state index in [1.165, 1.54) is 7.11 Å². The van der Waals surface area contributed by atoms with Crippen LogP contribution in [0.15, 0.2) is 24.3 Å². The predicted molar refractivity (Wildman–Crippen MR) is 172 cm³/mol. The number of esters is 3. The van der Waals surface area contributed by atoms with Crippen molar-refractivity contribution >= 4 is 25.5 Å². The summed E-state index contributed by atoms with van der Waals surface area (Å²) < 4.78 is 55.6. The summed E-state index contributed by atoms with van der Waals surface area (Å²) in [6.07, 6.45) is -5.92. The molecule has 2 rings (SSSR count). The Morgan fingerprint density at radius 3 is 1.57 bits per heavy atom. The molecular weight excluding hydrogens is 617 g/mol. The summed E-state index contributed by atoms with van der Waals surface area (Å²) in [7, 11) is -2.42. The van der Waals surface area contributed by atoms with Crippen LogP contribution in [0.1, 0.15) is 94.4 Å². The van der Waals surface area contributed by atoms with Crippen LogP contribution in [-0.2, 0) is 46.9 Å². The second-order valence-corrected chi connectivity index (χ2v) is 16.5. The quantitative estimate of drug-likeness (QED) is 0.154. The first-order valence-corrected chi connectivity index (χ1v) is 17.3. The third kappa shape index (κ3) is 10.2. The molecule has 1 aromatic rings. The van der Waals surface area contributed by atoms with E-state index in [4.69, 9.17) is 32.7 Å². The topological polar surface area (TPSA) is 145 Å². The molecule has 262 valence electrons. The smallest absolute Gasteiger partial charge is 0.352 e. The van der Waals surface area contributed by atoms with Gasteiger partial charge in [0.15, 0.2) is 24.5 Å². The number of methoxy groups -OCH3 is 1. The molecule has 0 aliphatic carbocycles. The van der Waals surface area contributed by atoms with Gasteiger partial charge in [-0.1, -0.05) is 12.1 Å². The van der Waals surface area contributed by atoms with Crippen LogP contribution in [0.25, 0.3) is 0 Å². The summed E-state index contributed by atoms with van der Waals surface area (Å²) in [5.74, 6) is -2.36. The van der Waals surface area contributed by atoms with Gasteiger partial charge in [-0.25, -0.2) is 0 Å². The average molecular weight is 672 g/mol. The molecule has 0 bridgehead atoms. The fourth-order valence-corrected chi connectivity index (χ4v) is 6.29. The van der Waals surface area contributed by atoms with Gasteiger partial charge in [0, 0.05) is 0 Å². The molecule has 12 nitrogen and oxygen atoms in total. The maximum atomic E-state index is 14.4. The maximum Gasteiger partial charge on any atom is 0.352 e. The Labute approximate surface area is 274 Å². The van der Waals surface area contributed by atoms with Crippen LogP contribution in [0.2, 0.25) is 0 Å². The number of hydrogen-bond acceptors (Lipinski definition) is 12. The molecule has 0 amide bonds. The molecule has 1 aliphatic rings. The van der Waals surface area contributed by atoms with Gasteiger partial charge in [0.1, 0.15) is 11.5 Å². The standard InChI is InChI=1S/C33H54NO11P/c1-14-40-46(38,41-15-2)27(21-16-18-22(39-13)19-17-21)34-26-25(45-30(37)33(10,11)12)24(44-29(36)32(7,8)9)23(20(3)42-26)43-28(35)31(4,5)6/h16-20,23-27,34H,14-15H2,1-13H3/t20-,23+,24+,25-,26-,27?/m0/s1.